The van der Waals surface area contributed by atoms with E-state index in [1.54, 1.807) is 0 Å². The number of carbonyl (C=O) groups is 1. The summed E-state index contributed by atoms with van der Waals surface area (Å²) < 4.78 is 0.252. The van der Waals surface area contributed by atoms with Gasteiger partial charge in [0.25, 0.3) is 0 Å². The van der Waals surface area contributed by atoms with Crippen LogP contribution in [0.15, 0.2) is 5.11 Å². The predicted octanol–water partition coefficient (Wildman–Crippen LogP) is 1.26. The van der Waals surface area contributed by atoms with Crippen LogP contribution in [0, 0.1) is 0 Å². The van der Waals surface area contributed by atoms with Crippen molar-refractivity contribution in [2.24, 2.45) is 5.11 Å². The molecule has 5 heteroatoms. The molecule has 0 spiro atoms. The summed E-state index contributed by atoms with van der Waals surface area (Å²) in [6.07, 6.45) is 0. The number of azide groups is 1. The number of halogens is 1. The second-order valence-electron chi connectivity index (χ2n) is 0.717. The lowest BCUT2D eigenvalue weighted by atomic mass is 10.8. The van der Waals surface area contributed by atoms with Crippen molar-refractivity contribution in [2.45, 2.75) is 0 Å². The van der Waals surface area contributed by atoms with Crippen LogP contribution in [0.1, 0.15) is 0 Å². The molecule has 0 bridgehead atoms. The molecule has 1 amide bonds. The van der Waals surface area contributed by atoms with Crippen LogP contribution in [0.3, 0.4) is 0 Å². The smallest absolute Gasteiger partial charge is 0.228 e. The zero-order valence-electron chi connectivity index (χ0n) is 3.33. The highest BCUT2D eigenvalue weighted by atomic mass is 127. The summed E-state index contributed by atoms with van der Waals surface area (Å²) in [5, 5.41) is 2.78. The van der Waals surface area contributed by atoms with E-state index < -0.39 is 5.91 Å². The summed E-state index contributed by atoms with van der Waals surface area (Å²) >= 11 is 1.82. The lowest BCUT2D eigenvalue weighted by Gasteiger charge is -1.72. The van der Waals surface area contributed by atoms with Crippen LogP contribution in [0.2, 0.25) is 0 Å². The van der Waals surface area contributed by atoms with Crippen LogP contribution in [0.25, 0.3) is 10.4 Å². The molecule has 0 atom stereocenters. The Bertz CT molecular complexity index is 116. The Hall–Kier alpha value is -0.290. The highest BCUT2D eigenvalue weighted by Crippen LogP contribution is 1.83. The molecule has 0 aliphatic rings. The monoisotopic (exact) mass is 211 g/mol. The van der Waals surface area contributed by atoms with E-state index in [9.17, 15) is 4.79 Å². The van der Waals surface area contributed by atoms with Gasteiger partial charge in [0.1, 0.15) is 0 Å². The number of nitrogens with zero attached hydrogens (tertiary/aromatic N) is 3. The van der Waals surface area contributed by atoms with Crippen molar-refractivity contribution in [3.63, 3.8) is 0 Å². The second-order valence-corrected chi connectivity index (χ2v) is 1.48. The van der Waals surface area contributed by atoms with Crippen molar-refractivity contribution >= 4 is 28.5 Å². The first-order valence-corrected chi connectivity index (χ1v) is 2.97. The molecule has 0 aromatic carbocycles. The number of carbonyl (C=O) groups excluding carboxylic acids is 1. The van der Waals surface area contributed by atoms with Gasteiger partial charge in [-0.15, -0.1) is 0 Å². The largest absolute Gasteiger partial charge is 0.292 e. The van der Waals surface area contributed by atoms with Crippen molar-refractivity contribution in [1.82, 2.24) is 0 Å². The fraction of sp³-hybridized carbons (Fsp3) is 0.500. The molecule has 0 saturated heterocycles. The topological polar surface area (TPSA) is 65.8 Å². The average Bonchev–Trinajstić information content (AvgIpc) is 1.68. The summed E-state index contributed by atoms with van der Waals surface area (Å²) in [6.45, 7) is 0. The maximum atomic E-state index is 9.98. The van der Waals surface area contributed by atoms with Crippen LogP contribution < -0.4 is 0 Å². The molecule has 0 aromatic heterocycles. The van der Waals surface area contributed by atoms with Gasteiger partial charge >= 0.3 is 0 Å². The summed E-state index contributed by atoms with van der Waals surface area (Å²) in [4.78, 5) is 12.3. The number of rotatable bonds is 1. The highest BCUT2D eigenvalue weighted by Gasteiger charge is 1.87. The molecule has 0 radical (unpaired) electrons. The zero-order valence-corrected chi connectivity index (χ0v) is 5.49. The molecule has 0 heterocycles. The van der Waals surface area contributed by atoms with E-state index in [2.05, 4.69) is 10.0 Å². The number of alkyl halides is 1. The van der Waals surface area contributed by atoms with Crippen molar-refractivity contribution in [3.8, 4) is 0 Å². The van der Waals surface area contributed by atoms with Gasteiger partial charge in [0.15, 0.2) is 0 Å². The quantitative estimate of drug-likeness (QED) is 0.211. The first-order valence-electron chi connectivity index (χ1n) is 1.45. The van der Waals surface area contributed by atoms with Gasteiger partial charge in [0.05, 0.1) is 4.43 Å². The molecule has 0 unspecified atom stereocenters. The van der Waals surface area contributed by atoms with E-state index in [1.165, 1.54) is 0 Å². The number of amides is 1. The normalized spacial score (nSPS) is 7.00. The third-order valence-corrected chi connectivity index (χ3v) is 0.923. The molecule has 0 aromatic rings. The van der Waals surface area contributed by atoms with Gasteiger partial charge in [-0.3, -0.25) is 4.79 Å². The van der Waals surface area contributed by atoms with Crippen LogP contribution in [-0.4, -0.2) is 10.3 Å². The van der Waals surface area contributed by atoms with Crippen molar-refractivity contribution in [2.75, 3.05) is 4.43 Å². The highest BCUT2D eigenvalue weighted by molar-refractivity contribution is 14.1. The maximum Gasteiger partial charge on any atom is 0.228 e. The zero-order chi connectivity index (χ0) is 5.70. The lowest BCUT2D eigenvalue weighted by molar-refractivity contribution is -0.115. The number of hydrogen-bond donors (Lipinski definition) is 0. The molecular weight excluding hydrogens is 209 g/mol. The Morgan fingerprint density at radius 1 is 2.00 bits per heavy atom. The third-order valence-electron chi connectivity index (χ3n) is 0.271. The first kappa shape index (κ1) is 6.71. The molecular formula is C2H2IN3O. The Morgan fingerprint density at radius 2 is 2.57 bits per heavy atom. The van der Waals surface area contributed by atoms with E-state index in [0.717, 1.165) is 0 Å². The predicted molar refractivity (Wildman–Crippen MR) is 33.0 cm³/mol. The minimum absolute atomic E-state index is 0.252. The van der Waals surface area contributed by atoms with Crippen molar-refractivity contribution < 1.29 is 4.79 Å². The van der Waals surface area contributed by atoms with Gasteiger partial charge in [-0.05, 0) is 10.6 Å². The van der Waals surface area contributed by atoms with Crippen LogP contribution in [0.4, 0.5) is 0 Å². The van der Waals surface area contributed by atoms with Gasteiger partial charge in [-0.1, -0.05) is 22.6 Å². The Morgan fingerprint density at radius 3 is 2.71 bits per heavy atom. The van der Waals surface area contributed by atoms with Crippen LogP contribution in [-0.2, 0) is 4.79 Å². The molecule has 0 aliphatic carbocycles. The summed E-state index contributed by atoms with van der Waals surface area (Å²) in [6, 6.07) is 0. The Labute approximate surface area is 53.7 Å². The standard InChI is InChI=1S/C2H2IN3O/c3-1-2(7)5-6-4/h1H2. The molecule has 4 nitrogen and oxygen atoms in total. The van der Waals surface area contributed by atoms with E-state index in [0.29, 0.717) is 0 Å². The lowest BCUT2D eigenvalue weighted by Crippen LogP contribution is -1.88. The third kappa shape index (κ3) is 3.54. The van der Waals surface area contributed by atoms with E-state index in [-0.39, 0.29) is 4.43 Å². The van der Waals surface area contributed by atoms with E-state index in [4.69, 9.17) is 5.53 Å². The molecule has 0 N–H and O–H groups in total. The summed E-state index contributed by atoms with van der Waals surface area (Å²) in [5.41, 5.74) is 7.60. The van der Waals surface area contributed by atoms with Crippen molar-refractivity contribution in [3.05, 3.63) is 10.4 Å². The molecule has 38 valence electrons. The second kappa shape index (κ2) is 3.89. The fourth-order valence-electron chi connectivity index (χ4n) is 0.0766. The molecule has 0 rings (SSSR count). The van der Waals surface area contributed by atoms with Gasteiger partial charge in [0, 0.05) is 4.91 Å². The van der Waals surface area contributed by atoms with E-state index in [1.807, 2.05) is 22.6 Å². The summed E-state index contributed by atoms with van der Waals surface area (Å²) in [5.74, 6) is -0.428. The average molecular weight is 211 g/mol. The Balaban J connectivity index is 3.58. The van der Waals surface area contributed by atoms with Gasteiger partial charge in [-0.2, -0.15) is 0 Å². The van der Waals surface area contributed by atoms with Crippen molar-refractivity contribution in [1.29, 1.82) is 0 Å². The SMILES string of the molecule is [N-]=[N+]=NC(=O)CI. The Kier molecular flexibility index (Phi) is 3.72. The van der Waals surface area contributed by atoms with Crippen LogP contribution in [0.5, 0.6) is 0 Å². The van der Waals surface area contributed by atoms with Gasteiger partial charge < -0.3 is 0 Å². The molecule has 0 saturated carbocycles. The van der Waals surface area contributed by atoms with Crippen LogP contribution >= 0.6 is 22.6 Å². The molecule has 7 heavy (non-hydrogen) atoms. The minimum Gasteiger partial charge on any atom is -0.292 e. The minimum atomic E-state index is -0.428. The maximum absolute atomic E-state index is 9.98. The summed E-state index contributed by atoms with van der Waals surface area (Å²) in [7, 11) is 0. The molecule has 0 aliphatic heterocycles. The van der Waals surface area contributed by atoms with Gasteiger partial charge in [0.2, 0.25) is 5.91 Å². The first-order chi connectivity index (χ1) is 3.31. The fourth-order valence-corrected chi connectivity index (χ4v) is 0.229. The number of hydrogen-bond acceptors (Lipinski definition) is 1. The van der Waals surface area contributed by atoms with E-state index >= 15 is 0 Å². The van der Waals surface area contributed by atoms with Gasteiger partial charge in [-0.25, -0.2) is 0 Å². The molecule has 0 fully saturated rings.